The molecule has 0 saturated heterocycles. The minimum Gasteiger partial charge on any atom is -0.488 e. The number of para-hydroxylation sites is 1. The lowest BCUT2D eigenvalue weighted by atomic mass is 10.1. The molecule has 1 aromatic heterocycles. The van der Waals surface area contributed by atoms with E-state index in [1.54, 1.807) is 36.4 Å². The second kappa shape index (κ2) is 9.48. The van der Waals surface area contributed by atoms with E-state index in [0.29, 0.717) is 11.3 Å². The van der Waals surface area contributed by atoms with Gasteiger partial charge in [0.1, 0.15) is 17.5 Å². The van der Waals surface area contributed by atoms with E-state index < -0.39 is 11.9 Å². The minimum absolute atomic E-state index is 0.0952. The number of nitrogens with zero attached hydrogens (tertiary/aromatic N) is 2. The molecule has 0 saturated carbocycles. The maximum absolute atomic E-state index is 12.1. The van der Waals surface area contributed by atoms with E-state index >= 15 is 0 Å². The van der Waals surface area contributed by atoms with Crippen molar-refractivity contribution in [2.24, 2.45) is 5.10 Å². The largest absolute Gasteiger partial charge is 0.488 e. The number of aromatic carboxylic acids is 1. The first-order valence-electron chi connectivity index (χ1n) is 8.52. The highest BCUT2D eigenvalue weighted by Crippen LogP contribution is 2.18. The summed E-state index contributed by atoms with van der Waals surface area (Å²) in [7, 11) is 0. The second-order valence-corrected chi connectivity index (χ2v) is 6.23. The SMILES string of the molecule is O=C(O)c1ccc(COc2ccccc2C=NNC(=O)c2cccnc2Cl)cc1. The molecule has 0 bridgehead atoms. The Morgan fingerprint density at radius 3 is 2.59 bits per heavy atom. The van der Waals surface area contributed by atoms with Crippen LogP contribution in [0.5, 0.6) is 5.75 Å². The van der Waals surface area contributed by atoms with Crippen LogP contribution >= 0.6 is 11.6 Å². The lowest BCUT2D eigenvalue weighted by molar-refractivity contribution is 0.0696. The van der Waals surface area contributed by atoms with Gasteiger partial charge in [-0.15, -0.1) is 0 Å². The predicted octanol–water partition coefficient (Wildman–Crippen LogP) is 3.78. The van der Waals surface area contributed by atoms with Crippen molar-refractivity contribution in [2.45, 2.75) is 6.61 Å². The Bertz CT molecular complexity index is 1050. The van der Waals surface area contributed by atoms with Crippen LogP contribution < -0.4 is 10.2 Å². The van der Waals surface area contributed by atoms with Crippen LogP contribution in [0.2, 0.25) is 5.15 Å². The van der Waals surface area contributed by atoms with Crippen LogP contribution in [-0.4, -0.2) is 28.2 Å². The minimum atomic E-state index is -0.978. The molecule has 1 heterocycles. The van der Waals surface area contributed by atoms with E-state index in [0.717, 1.165) is 5.56 Å². The maximum Gasteiger partial charge on any atom is 0.335 e. The fourth-order valence-electron chi connectivity index (χ4n) is 2.40. The number of hydrazone groups is 1. The second-order valence-electron chi connectivity index (χ2n) is 5.87. The molecule has 0 radical (unpaired) electrons. The van der Waals surface area contributed by atoms with Crippen molar-refractivity contribution >= 4 is 29.7 Å². The number of carboxylic acids is 1. The molecule has 2 aromatic carbocycles. The van der Waals surface area contributed by atoms with E-state index in [4.69, 9.17) is 21.4 Å². The number of carboxylic acid groups (broad SMARTS) is 1. The number of pyridine rings is 1. The monoisotopic (exact) mass is 409 g/mol. The number of rotatable bonds is 7. The molecule has 0 aliphatic rings. The number of ether oxygens (including phenoxy) is 1. The first-order valence-corrected chi connectivity index (χ1v) is 8.90. The highest BCUT2D eigenvalue weighted by atomic mass is 35.5. The van der Waals surface area contributed by atoms with Crippen LogP contribution in [0.25, 0.3) is 0 Å². The summed E-state index contributed by atoms with van der Waals surface area (Å²) >= 11 is 5.89. The Morgan fingerprint density at radius 1 is 1.10 bits per heavy atom. The highest BCUT2D eigenvalue weighted by molar-refractivity contribution is 6.32. The number of benzene rings is 2. The lowest BCUT2D eigenvalue weighted by Gasteiger charge is -2.09. The Hall–Kier alpha value is -3.71. The first-order chi connectivity index (χ1) is 14.0. The van der Waals surface area contributed by atoms with Crippen molar-refractivity contribution in [3.63, 3.8) is 0 Å². The number of aromatic nitrogens is 1. The third-order valence-corrected chi connectivity index (χ3v) is 4.19. The summed E-state index contributed by atoms with van der Waals surface area (Å²) in [6.07, 6.45) is 2.95. The molecule has 0 aliphatic heterocycles. The third-order valence-electron chi connectivity index (χ3n) is 3.89. The number of halogens is 1. The molecule has 0 fully saturated rings. The summed E-state index contributed by atoms with van der Waals surface area (Å²) in [4.78, 5) is 26.9. The van der Waals surface area contributed by atoms with Crippen LogP contribution in [0.3, 0.4) is 0 Å². The molecule has 0 atom stereocenters. The first kappa shape index (κ1) is 20.0. The average molecular weight is 410 g/mol. The number of nitrogens with one attached hydrogen (secondary N) is 1. The Labute approximate surface area is 171 Å². The molecule has 29 heavy (non-hydrogen) atoms. The Morgan fingerprint density at radius 2 is 1.86 bits per heavy atom. The van der Waals surface area contributed by atoms with Crippen LogP contribution in [0.15, 0.2) is 72.0 Å². The summed E-state index contributed by atoms with van der Waals surface area (Å²) in [6.45, 7) is 0.252. The molecule has 7 nitrogen and oxygen atoms in total. The topological polar surface area (TPSA) is 101 Å². The van der Waals surface area contributed by atoms with Crippen molar-refractivity contribution in [1.82, 2.24) is 10.4 Å². The van der Waals surface area contributed by atoms with E-state index in [1.807, 2.05) is 12.1 Å². The van der Waals surface area contributed by atoms with Crippen molar-refractivity contribution in [3.05, 3.63) is 94.3 Å². The van der Waals surface area contributed by atoms with Crippen molar-refractivity contribution in [1.29, 1.82) is 0 Å². The number of hydrogen-bond acceptors (Lipinski definition) is 5. The summed E-state index contributed by atoms with van der Waals surface area (Å²) in [6, 6.07) is 16.8. The molecule has 0 unspecified atom stereocenters. The van der Waals surface area contributed by atoms with Gasteiger partial charge in [0.15, 0.2) is 0 Å². The van der Waals surface area contributed by atoms with Gasteiger partial charge in [-0.1, -0.05) is 35.9 Å². The van der Waals surface area contributed by atoms with E-state index in [1.165, 1.54) is 24.5 Å². The summed E-state index contributed by atoms with van der Waals surface area (Å²) in [5, 5.41) is 13.0. The lowest BCUT2D eigenvalue weighted by Crippen LogP contribution is -2.18. The molecule has 2 N–H and O–H groups in total. The number of amides is 1. The molecular weight excluding hydrogens is 394 g/mol. The zero-order valence-electron chi connectivity index (χ0n) is 15.1. The summed E-state index contributed by atoms with van der Waals surface area (Å²) in [5.41, 5.74) is 4.32. The molecule has 3 aromatic rings. The summed E-state index contributed by atoms with van der Waals surface area (Å²) in [5.74, 6) is -0.892. The van der Waals surface area contributed by atoms with Gasteiger partial charge in [0.25, 0.3) is 5.91 Å². The van der Waals surface area contributed by atoms with Gasteiger partial charge in [0, 0.05) is 11.8 Å². The zero-order chi connectivity index (χ0) is 20.6. The van der Waals surface area contributed by atoms with E-state index in [9.17, 15) is 9.59 Å². The molecule has 8 heteroatoms. The van der Waals surface area contributed by atoms with E-state index in [2.05, 4.69) is 15.5 Å². The molecule has 0 spiro atoms. The van der Waals surface area contributed by atoms with Gasteiger partial charge < -0.3 is 9.84 Å². The fourth-order valence-corrected chi connectivity index (χ4v) is 2.60. The van der Waals surface area contributed by atoms with Gasteiger partial charge in [-0.2, -0.15) is 5.10 Å². The van der Waals surface area contributed by atoms with Crippen LogP contribution in [0.4, 0.5) is 0 Å². The highest BCUT2D eigenvalue weighted by Gasteiger charge is 2.09. The molecule has 1 amide bonds. The fraction of sp³-hybridized carbons (Fsp3) is 0.0476. The van der Waals surface area contributed by atoms with Gasteiger partial charge in [0.05, 0.1) is 17.3 Å². The van der Waals surface area contributed by atoms with Gasteiger partial charge in [0.2, 0.25) is 0 Å². The maximum atomic E-state index is 12.1. The third kappa shape index (κ3) is 5.40. The van der Waals surface area contributed by atoms with Crippen LogP contribution in [0.1, 0.15) is 31.8 Å². The number of carbonyl (C=O) groups excluding carboxylic acids is 1. The Balaban J connectivity index is 1.64. The summed E-state index contributed by atoms with van der Waals surface area (Å²) < 4.78 is 5.80. The van der Waals surface area contributed by atoms with Gasteiger partial charge in [-0.3, -0.25) is 4.79 Å². The molecule has 0 aliphatic carbocycles. The predicted molar refractivity (Wildman–Crippen MR) is 108 cm³/mol. The molecular formula is C21H16ClN3O4. The molecule has 146 valence electrons. The van der Waals surface area contributed by atoms with Crippen LogP contribution in [-0.2, 0) is 6.61 Å². The van der Waals surface area contributed by atoms with E-state index in [-0.39, 0.29) is 22.9 Å². The standard InChI is InChI=1S/C21H16ClN3O4/c22-19-17(5-3-11-23-19)20(26)25-24-12-16-4-1-2-6-18(16)29-13-14-7-9-15(10-8-14)21(27)28/h1-12H,13H2,(H,25,26)(H,27,28). The van der Waals surface area contributed by atoms with Gasteiger partial charge >= 0.3 is 5.97 Å². The van der Waals surface area contributed by atoms with Crippen molar-refractivity contribution in [3.8, 4) is 5.75 Å². The Kier molecular flexibility index (Phi) is 6.55. The average Bonchev–Trinajstić information content (AvgIpc) is 2.73. The zero-order valence-corrected chi connectivity index (χ0v) is 15.8. The number of carbonyl (C=O) groups is 2. The van der Waals surface area contributed by atoms with Crippen molar-refractivity contribution in [2.75, 3.05) is 0 Å². The molecule has 3 rings (SSSR count). The van der Waals surface area contributed by atoms with Crippen LogP contribution in [0, 0.1) is 0 Å². The van der Waals surface area contributed by atoms with Gasteiger partial charge in [-0.25, -0.2) is 15.2 Å². The normalized spacial score (nSPS) is 10.7. The quantitative estimate of drug-likeness (QED) is 0.351. The smallest absolute Gasteiger partial charge is 0.335 e. The number of hydrogen-bond donors (Lipinski definition) is 2. The van der Waals surface area contributed by atoms with Crippen molar-refractivity contribution < 1.29 is 19.4 Å². The van der Waals surface area contributed by atoms with Gasteiger partial charge in [-0.05, 0) is 42.0 Å².